The predicted octanol–water partition coefficient (Wildman–Crippen LogP) is 0.491. The SMILES string of the molecule is CS(=O)(=O)c1ccccc1CC(=O)N1CCOCC1. The Hall–Kier alpha value is -1.40. The number of hydrogen-bond donors (Lipinski definition) is 0. The van der Waals surface area contributed by atoms with Gasteiger partial charge in [0.25, 0.3) is 0 Å². The molecule has 5 nitrogen and oxygen atoms in total. The predicted molar refractivity (Wildman–Crippen MR) is 70.7 cm³/mol. The Balaban J connectivity index is 2.17. The van der Waals surface area contributed by atoms with Gasteiger partial charge in [0, 0.05) is 19.3 Å². The first kappa shape index (κ1) is 14.0. The number of carbonyl (C=O) groups is 1. The van der Waals surface area contributed by atoms with E-state index in [0.29, 0.717) is 31.9 Å². The fourth-order valence-electron chi connectivity index (χ4n) is 2.10. The molecule has 2 rings (SSSR count). The van der Waals surface area contributed by atoms with Gasteiger partial charge in [-0.25, -0.2) is 8.42 Å². The van der Waals surface area contributed by atoms with Gasteiger partial charge in [0.15, 0.2) is 9.84 Å². The van der Waals surface area contributed by atoms with Gasteiger partial charge in [-0.1, -0.05) is 18.2 Å². The van der Waals surface area contributed by atoms with Crippen molar-refractivity contribution in [3.63, 3.8) is 0 Å². The summed E-state index contributed by atoms with van der Waals surface area (Å²) in [4.78, 5) is 14.1. The van der Waals surface area contributed by atoms with E-state index in [-0.39, 0.29) is 17.2 Å². The van der Waals surface area contributed by atoms with E-state index in [1.807, 2.05) is 0 Å². The van der Waals surface area contributed by atoms with Crippen LogP contribution in [0, 0.1) is 0 Å². The molecule has 1 aliphatic heterocycles. The van der Waals surface area contributed by atoms with Crippen LogP contribution in [-0.2, 0) is 25.8 Å². The van der Waals surface area contributed by atoms with Gasteiger partial charge >= 0.3 is 0 Å². The number of rotatable bonds is 3. The molecule has 0 N–H and O–H groups in total. The second-order valence-electron chi connectivity index (χ2n) is 4.55. The number of nitrogens with zero attached hydrogens (tertiary/aromatic N) is 1. The Morgan fingerprint density at radius 1 is 1.26 bits per heavy atom. The van der Waals surface area contributed by atoms with Crippen LogP contribution in [0.4, 0.5) is 0 Å². The fourth-order valence-corrected chi connectivity index (χ4v) is 3.04. The summed E-state index contributed by atoms with van der Waals surface area (Å²) in [6.07, 6.45) is 1.27. The Morgan fingerprint density at radius 2 is 1.89 bits per heavy atom. The van der Waals surface area contributed by atoms with Crippen molar-refractivity contribution in [2.24, 2.45) is 0 Å². The molecule has 0 aliphatic carbocycles. The minimum atomic E-state index is -3.31. The molecular formula is C13H17NO4S. The lowest BCUT2D eigenvalue weighted by Crippen LogP contribution is -2.41. The van der Waals surface area contributed by atoms with E-state index in [1.165, 1.54) is 6.07 Å². The third kappa shape index (κ3) is 3.54. The van der Waals surface area contributed by atoms with E-state index in [0.717, 1.165) is 6.26 Å². The van der Waals surface area contributed by atoms with E-state index in [1.54, 1.807) is 23.1 Å². The average molecular weight is 283 g/mol. The van der Waals surface area contributed by atoms with Crippen LogP contribution >= 0.6 is 0 Å². The highest BCUT2D eigenvalue weighted by Crippen LogP contribution is 2.16. The van der Waals surface area contributed by atoms with Crippen LogP contribution in [0.5, 0.6) is 0 Å². The molecule has 0 unspecified atom stereocenters. The smallest absolute Gasteiger partial charge is 0.227 e. The number of morpholine rings is 1. The third-order valence-electron chi connectivity index (χ3n) is 3.08. The highest BCUT2D eigenvalue weighted by molar-refractivity contribution is 7.90. The van der Waals surface area contributed by atoms with E-state index in [4.69, 9.17) is 4.74 Å². The summed E-state index contributed by atoms with van der Waals surface area (Å²) in [5, 5.41) is 0. The van der Waals surface area contributed by atoms with Gasteiger partial charge < -0.3 is 9.64 Å². The number of hydrogen-bond acceptors (Lipinski definition) is 4. The average Bonchev–Trinajstić information content (AvgIpc) is 2.39. The molecule has 1 aliphatic rings. The molecule has 1 saturated heterocycles. The van der Waals surface area contributed by atoms with Gasteiger partial charge in [0.1, 0.15) is 0 Å². The van der Waals surface area contributed by atoms with E-state index in [9.17, 15) is 13.2 Å². The lowest BCUT2D eigenvalue weighted by molar-refractivity contribution is -0.134. The van der Waals surface area contributed by atoms with Gasteiger partial charge in [-0.2, -0.15) is 0 Å². The molecule has 1 aromatic rings. The topological polar surface area (TPSA) is 63.7 Å². The quantitative estimate of drug-likeness (QED) is 0.810. The molecule has 6 heteroatoms. The normalized spacial score (nSPS) is 16.4. The van der Waals surface area contributed by atoms with Crippen LogP contribution in [0.3, 0.4) is 0 Å². The van der Waals surface area contributed by atoms with Crippen molar-refractivity contribution in [3.05, 3.63) is 29.8 Å². The second kappa shape index (κ2) is 5.71. The van der Waals surface area contributed by atoms with Gasteiger partial charge in [-0.3, -0.25) is 4.79 Å². The highest BCUT2D eigenvalue weighted by atomic mass is 32.2. The number of sulfone groups is 1. The first-order valence-electron chi connectivity index (χ1n) is 6.12. The van der Waals surface area contributed by atoms with Crippen molar-refractivity contribution in [1.29, 1.82) is 0 Å². The lowest BCUT2D eigenvalue weighted by atomic mass is 10.1. The maximum absolute atomic E-state index is 12.1. The Kier molecular flexibility index (Phi) is 4.21. The van der Waals surface area contributed by atoms with Crippen LogP contribution in [0.25, 0.3) is 0 Å². The van der Waals surface area contributed by atoms with Gasteiger partial charge in [0.05, 0.1) is 24.5 Å². The molecule has 19 heavy (non-hydrogen) atoms. The highest BCUT2D eigenvalue weighted by Gasteiger charge is 2.20. The van der Waals surface area contributed by atoms with Crippen LogP contribution in [-0.4, -0.2) is 51.8 Å². The molecule has 0 aromatic heterocycles. The van der Waals surface area contributed by atoms with Crippen molar-refractivity contribution in [2.45, 2.75) is 11.3 Å². The van der Waals surface area contributed by atoms with Crippen molar-refractivity contribution < 1.29 is 17.9 Å². The van der Waals surface area contributed by atoms with Crippen LogP contribution in [0.2, 0.25) is 0 Å². The Bertz CT molecular complexity index is 562. The van der Waals surface area contributed by atoms with Crippen LogP contribution in [0.15, 0.2) is 29.2 Å². The molecule has 1 heterocycles. The monoisotopic (exact) mass is 283 g/mol. The van der Waals surface area contributed by atoms with Crippen LogP contribution < -0.4 is 0 Å². The molecule has 0 bridgehead atoms. The second-order valence-corrected chi connectivity index (χ2v) is 6.53. The van der Waals surface area contributed by atoms with Crippen LogP contribution in [0.1, 0.15) is 5.56 Å². The molecule has 0 atom stereocenters. The van der Waals surface area contributed by atoms with Gasteiger partial charge in [0.2, 0.25) is 5.91 Å². The fraction of sp³-hybridized carbons (Fsp3) is 0.462. The minimum absolute atomic E-state index is 0.0561. The molecule has 0 radical (unpaired) electrons. The maximum atomic E-state index is 12.1. The van der Waals surface area contributed by atoms with E-state index >= 15 is 0 Å². The summed E-state index contributed by atoms with van der Waals surface area (Å²) in [6, 6.07) is 6.64. The summed E-state index contributed by atoms with van der Waals surface area (Å²) in [5.74, 6) is -0.0561. The standard InChI is InChI=1S/C13H17NO4S/c1-19(16,17)12-5-3-2-4-11(12)10-13(15)14-6-8-18-9-7-14/h2-5H,6-10H2,1H3. The van der Waals surface area contributed by atoms with Gasteiger partial charge in [-0.05, 0) is 11.6 Å². The maximum Gasteiger partial charge on any atom is 0.227 e. The van der Waals surface area contributed by atoms with E-state index in [2.05, 4.69) is 0 Å². The van der Waals surface area contributed by atoms with Crippen molar-refractivity contribution >= 4 is 15.7 Å². The molecule has 1 fully saturated rings. The van der Waals surface area contributed by atoms with E-state index < -0.39 is 9.84 Å². The molecule has 1 aromatic carbocycles. The molecular weight excluding hydrogens is 266 g/mol. The molecule has 0 spiro atoms. The zero-order chi connectivity index (χ0) is 13.9. The number of benzene rings is 1. The number of amides is 1. The first-order chi connectivity index (χ1) is 8.98. The summed E-state index contributed by atoms with van der Waals surface area (Å²) in [7, 11) is -3.31. The molecule has 1 amide bonds. The van der Waals surface area contributed by atoms with Crippen molar-refractivity contribution in [3.8, 4) is 0 Å². The summed E-state index contributed by atoms with van der Waals surface area (Å²) in [5.41, 5.74) is 0.557. The summed E-state index contributed by atoms with van der Waals surface area (Å²) >= 11 is 0. The Morgan fingerprint density at radius 3 is 2.53 bits per heavy atom. The largest absolute Gasteiger partial charge is 0.378 e. The zero-order valence-electron chi connectivity index (χ0n) is 10.8. The van der Waals surface area contributed by atoms with Gasteiger partial charge in [-0.15, -0.1) is 0 Å². The molecule has 104 valence electrons. The number of carbonyl (C=O) groups excluding carboxylic acids is 1. The first-order valence-corrected chi connectivity index (χ1v) is 8.01. The minimum Gasteiger partial charge on any atom is -0.378 e. The zero-order valence-corrected chi connectivity index (χ0v) is 11.6. The summed E-state index contributed by atoms with van der Waals surface area (Å²) in [6.45, 7) is 2.22. The van der Waals surface area contributed by atoms with Crippen molar-refractivity contribution in [2.75, 3.05) is 32.6 Å². The number of ether oxygens (including phenoxy) is 1. The van der Waals surface area contributed by atoms with Crippen molar-refractivity contribution in [1.82, 2.24) is 4.90 Å². The summed E-state index contributed by atoms with van der Waals surface area (Å²) < 4.78 is 28.5. The molecule has 0 saturated carbocycles. The Labute approximate surface area is 113 Å². The third-order valence-corrected chi connectivity index (χ3v) is 4.27. The lowest BCUT2D eigenvalue weighted by Gasteiger charge is -2.27.